The molecule has 1 aromatic carbocycles. The first-order chi connectivity index (χ1) is 11.5. The maximum absolute atomic E-state index is 12.0. The minimum atomic E-state index is -0.231. The second-order valence-electron chi connectivity index (χ2n) is 5.59. The molecule has 0 aliphatic heterocycles. The van der Waals surface area contributed by atoms with Crippen molar-refractivity contribution in [1.29, 1.82) is 0 Å². The van der Waals surface area contributed by atoms with E-state index in [4.69, 9.17) is 0 Å². The number of hydrogen-bond donors (Lipinski definition) is 2. The molecule has 0 radical (unpaired) electrons. The van der Waals surface area contributed by atoms with Crippen LogP contribution in [0.4, 0.5) is 10.8 Å². The van der Waals surface area contributed by atoms with Crippen LogP contribution in [0.5, 0.6) is 0 Å². The largest absolute Gasteiger partial charge is 0.326 e. The van der Waals surface area contributed by atoms with Gasteiger partial charge in [-0.1, -0.05) is 30.4 Å². The number of nitrogens with zero attached hydrogens (tertiary/aromatic N) is 2. The summed E-state index contributed by atoms with van der Waals surface area (Å²) in [6.07, 6.45) is 2.08. The van der Waals surface area contributed by atoms with E-state index in [1.165, 1.54) is 11.3 Å². The lowest BCUT2D eigenvalue weighted by atomic mass is 10.1. The smallest absolute Gasteiger partial charge is 0.226 e. The fourth-order valence-corrected chi connectivity index (χ4v) is 2.98. The predicted octanol–water partition coefficient (Wildman–Crippen LogP) is 3.46. The lowest BCUT2D eigenvalue weighted by Gasteiger charge is -2.10. The maximum atomic E-state index is 12.0. The van der Waals surface area contributed by atoms with Crippen LogP contribution in [0.3, 0.4) is 0 Å². The number of benzene rings is 1. The third-order valence-electron chi connectivity index (χ3n) is 3.63. The Morgan fingerprint density at radius 2 is 1.79 bits per heavy atom. The molecule has 128 valence electrons. The summed E-state index contributed by atoms with van der Waals surface area (Å²) in [4.78, 5) is 23.9. The Balaban J connectivity index is 1.80. The molecule has 2 aromatic rings. The number of anilines is 2. The van der Waals surface area contributed by atoms with E-state index < -0.39 is 0 Å². The summed E-state index contributed by atoms with van der Waals surface area (Å²) >= 11 is 1.37. The second-order valence-corrected chi connectivity index (χ2v) is 6.66. The second kappa shape index (κ2) is 8.54. The molecule has 2 N–H and O–H groups in total. The van der Waals surface area contributed by atoms with E-state index in [2.05, 4.69) is 27.8 Å². The van der Waals surface area contributed by atoms with Crippen LogP contribution in [-0.2, 0) is 16.0 Å². The highest BCUT2D eigenvalue weighted by molar-refractivity contribution is 7.15. The minimum absolute atomic E-state index is 0.111. The average Bonchev–Trinajstić information content (AvgIpc) is 2.97. The van der Waals surface area contributed by atoms with E-state index in [1.54, 1.807) is 0 Å². The number of rotatable bonds is 7. The van der Waals surface area contributed by atoms with E-state index in [0.29, 0.717) is 5.13 Å². The Morgan fingerprint density at radius 3 is 2.50 bits per heavy atom. The lowest BCUT2D eigenvalue weighted by molar-refractivity contribution is -0.121. The van der Waals surface area contributed by atoms with Crippen LogP contribution in [-0.4, -0.2) is 22.0 Å². The van der Waals surface area contributed by atoms with Crippen molar-refractivity contribution in [2.45, 2.75) is 46.5 Å². The molecule has 0 saturated heterocycles. The van der Waals surface area contributed by atoms with E-state index in [-0.39, 0.29) is 24.7 Å². The summed E-state index contributed by atoms with van der Waals surface area (Å²) in [6.45, 7) is 6.02. The number of nitrogens with one attached hydrogen (secondary N) is 2. The zero-order valence-electron chi connectivity index (χ0n) is 14.2. The standard InChI is InChI=1S/C17H22N4O2S/c1-4-6-16-20-21-17(24-16)19-15(23)10-9-14(22)18-13-8-5-7-11(2)12(13)3/h5,7-8H,4,6,9-10H2,1-3H3,(H,18,22)(H,19,21,23). The maximum Gasteiger partial charge on any atom is 0.226 e. The van der Waals surface area contributed by atoms with Crippen molar-refractivity contribution >= 4 is 34.0 Å². The molecule has 1 aromatic heterocycles. The van der Waals surface area contributed by atoms with Gasteiger partial charge in [-0.15, -0.1) is 10.2 Å². The predicted molar refractivity (Wildman–Crippen MR) is 96.3 cm³/mol. The molecular weight excluding hydrogens is 324 g/mol. The van der Waals surface area contributed by atoms with E-state index in [0.717, 1.165) is 34.7 Å². The fraction of sp³-hybridized carbons (Fsp3) is 0.412. The molecule has 6 nitrogen and oxygen atoms in total. The summed E-state index contributed by atoms with van der Waals surface area (Å²) in [5, 5.41) is 14.9. The van der Waals surface area contributed by atoms with Crippen LogP contribution in [0.2, 0.25) is 0 Å². The molecule has 0 atom stereocenters. The Hall–Kier alpha value is -2.28. The van der Waals surface area contributed by atoms with Gasteiger partial charge in [0, 0.05) is 24.9 Å². The van der Waals surface area contributed by atoms with Gasteiger partial charge in [0.05, 0.1) is 0 Å². The van der Waals surface area contributed by atoms with Crippen molar-refractivity contribution in [2.75, 3.05) is 10.6 Å². The van der Waals surface area contributed by atoms with Crippen molar-refractivity contribution < 1.29 is 9.59 Å². The van der Waals surface area contributed by atoms with E-state index >= 15 is 0 Å². The van der Waals surface area contributed by atoms with Gasteiger partial charge in [0.2, 0.25) is 16.9 Å². The van der Waals surface area contributed by atoms with Crippen molar-refractivity contribution in [3.63, 3.8) is 0 Å². The van der Waals surface area contributed by atoms with Gasteiger partial charge in [-0.25, -0.2) is 0 Å². The topological polar surface area (TPSA) is 84.0 Å². The number of aromatic nitrogens is 2. The van der Waals surface area contributed by atoms with Crippen LogP contribution in [0.15, 0.2) is 18.2 Å². The Bertz CT molecular complexity index is 727. The first-order valence-electron chi connectivity index (χ1n) is 7.98. The molecule has 24 heavy (non-hydrogen) atoms. The summed E-state index contributed by atoms with van der Waals surface area (Å²) in [5.41, 5.74) is 2.94. The summed E-state index contributed by atoms with van der Waals surface area (Å²) < 4.78 is 0. The van der Waals surface area contributed by atoms with Crippen LogP contribution in [0.1, 0.15) is 42.3 Å². The molecule has 7 heteroatoms. The van der Waals surface area contributed by atoms with Gasteiger partial charge in [0.15, 0.2) is 0 Å². The van der Waals surface area contributed by atoms with Gasteiger partial charge in [-0.2, -0.15) is 0 Å². The number of carbonyl (C=O) groups is 2. The summed E-state index contributed by atoms with van der Waals surface area (Å²) in [6, 6.07) is 5.75. The lowest BCUT2D eigenvalue weighted by Crippen LogP contribution is -2.17. The summed E-state index contributed by atoms with van der Waals surface area (Å²) in [7, 11) is 0. The Kier molecular flexibility index (Phi) is 6.43. The number of carbonyl (C=O) groups excluding carboxylic acids is 2. The van der Waals surface area contributed by atoms with Gasteiger partial charge in [-0.05, 0) is 37.5 Å². The molecule has 0 bridgehead atoms. The van der Waals surface area contributed by atoms with Crippen molar-refractivity contribution in [1.82, 2.24) is 10.2 Å². The van der Waals surface area contributed by atoms with Gasteiger partial charge in [0.1, 0.15) is 5.01 Å². The van der Waals surface area contributed by atoms with Gasteiger partial charge < -0.3 is 10.6 Å². The molecule has 0 spiro atoms. The fourth-order valence-electron chi connectivity index (χ4n) is 2.13. The molecule has 0 fully saturated rings. The van der Waals surface area contributed by atoms with E-state index in [9.17, 15) is 9.59 Å². The minimum Gasteiger partial charge on any atom is -0.326 e. The molecule has 1 heterocycles. The highest BCUT2D eigenvalue weighted by Gasteiger charge is 2.11. The molecule has 2 amide bonds. The average molecular weight is 346 g/mol. The number of aryl methyl sites for hydroxylation is 2. The molecule has 2 rings (SSSR count). The van der Waals surface area contributed by atoms with Crippen molar-refractivity contribution in [3.8, 4) is 0 Å². The van der Waals surface area contributed by atoms with Gasteiger partial charge >= 0.3 is 0 Å². The van der Waals surface area contributed by atoms with Crippen LogP contribution < -0.4 is 10.6 Å². The monoisotopic (exact) mass is 346 g/mol. The number of amides is 2. The van der Waals surface area contributed by atoms with E-state index in [1.807, 2.05) is 32.0 Å². The van der Waals surface area contributed by atoms with Crippen LogP contribution in [0.25, 0.3) is 0 Å². The van der Waals surface area contributed by atoms with Crippen LogP contribution in [0, 0.1) is 13.8 Å². The van der Waals surface area contributed by atoms with Crippen molar-refractivity contribution in [2.24, 2.45) is 0 Å². The highest BCUT2D eigenvalue weighted by atomic mass is 32.1. The number of hydrogen-bond acceptors (Lipinski definition) is 5. The Labute approximate surface area is 145 Å². The molecule has 0 saturated carbocycles. The summed E-state index contributed by atoms with van der Waals surface area (Å²) in [5.74, 6) is -0.409. The van der Waals surface area contributed by atoms with Gasteiger partial charge in [0.25, 0.3) is 0 Å². The van der Waals surface area contributed by atoms with Crippen LogP contribution >= 0.6 is 11.3 Å². The third-order valence-corrected chi connectivity index (χ3v) is 4.53. The highest BCUT2D eigenvalue weighted by Crippen LogP contribution is 2.19. The molecular formula is C17H22N4O2S. The van der Waals surface area contributed by atoms with Crippen molar-refractivity contribution in [3.05, 3.63) is 34.3 Å². The first-order valence-corrected chi connectivity index (χ1v) is 8.79. The Morgan fingerprint density at radius 1 is 1.08 bits per heavy atom. The zero-order chi connectivity index (χ0) is 17.5. The molecule has 0 aliphatic rings. The van der Waals surface area contributed by atoms with Gasteiger partial charge in [-0.3, -0.25) is 9.59 Å². The third kappa shape index (κ3) is 5.13. The normalized spacial score (nSPS) is 10.5. The molecule has 0 aliphatic carbocycles. The SMILES string of the molecule is CCCc1nnc(NC(=O)CCC(=O)Nc2cccc(C)c2C)s1. The quantitative estimate of drug-likeness (QED) is 0.804. The zero-order valence-corrected chi connectivity index (χ0v) is 15.0. The molecule has 0 unspecified atom stereocenters. The first kappa shape index (κ1) is 18.1.